The Balaban J connectivity index is 2.10. The molecule has 1 aliphatic rings. The van der Waals surface area contributed by atoms with E-state index in [0.717, 1.165) is 4.47 Å². The molecule has 1 fully saturated rings. The summed E-state index contributed by atoms with van der Waals surface area (Å²) in [5, 5.41) is 2.24. The number of amides is 2. The Hall–Kier alpha value is -1.53. The number of hydrogen-bond donors (Lipinski definition) is 1. The summed E-state index contributed by atoms with van der Waals surface area (Å²) in [5.41, 5.74) is 0.556. The number of halogens is 1. The van der Waals surface area contributed by atoms with E-state index in [-0.39, 0.29) is 30.7 Å². The molecular weight excluding hydrogens is 312 g/mol. The van der Waals surface area contributed by atoms with Crippen molar-refractivity contribution in [3.8, 4) is 0 Å². The molecule has 0 spiro atoms. The number of hydrogen-bond acceptors (Lipinski definition) is 4. The standard InChI is InChI=1S/C13H13BrN2O3/c1-8-13(19)15-12(18)7-16(8)6-11(17)9-3-2-4-10(14)5-9/h2-5,8H,6-7H2,1H3,(H,15,18,19). The first-order valence-corrected chi connectivity index (χ1v) is 6.63. The van der Waals surface area contributed by atoms with E-state index in [4.69, 9.17) is 0 Å². The fourth-order valence-corrected chi connectivity index (χ4v) is 2.30. The fourth-order valence-electron chi connectivity index (χ4n) is 1.90. The van der Waals surface area contributed by atoms with Crippen LogP contribution in [-0.2, 0) is 9.59 Å². The molecule has 1 saturated heterocycles. The van der Waals surface area contributed by atoms with Gasteiger partial charge in [0.2, 0.25) is 11.8 Å². The molecule has 19 heavy (non-hydrogen) atoms. The third-order valence-corrected chi connectivity index (χ3v) is 3.52. The smallest absolute Gasteiger partial charge is 0.243 e. The van der Waals surface area contributed by atoms with E-state index >= 15 is 0 Å². The van der Waals surface area contributed by atoms with Crippen LogP contribution in [0.25, 0.3) is 0 Å². The van der Waals surface area contributed by atoms with Crippen LogP contribution in [-0.4, -0.2) is 41.6 Å². The molecule has 0 bridgehead atoms. The first-order valence-electron chi connectivity index (χ1n) is 5.84. The first kappa shape index (κ1) is 13.9. The van der Waals surface area contributed by atoms with Crippen molar-refractivity contribution in [3.05, 3.63) is 34.3 Å². The summed E-state index contributed by atoms with van der Waals surface area (Å²) in [6.07, 6.45) is 0. The molecule has 1 aliphatic heterocycles. The third kappa shape index (κ3) is 3.27. The van der Waals surface area contributed by atoms with Crippen LogP contribution in [0.15, 0.2) is 28.7 Å². The molecule has 6 heteroatoms. The van der Waals surface area contributed by atoms with Crippen molar-refractivity contribution in [2.75, 3.05) is 13.1 Å². The highest BCUT2D eigenvalue weighted by Gasteiger charge is 2.31. The Morgan fingerprint density at radius 1 is 1.47 bits per heavy atom. The van der Waals surface area contributed by atoms with E-state index in [1.54, 1.807) is 30.0 Å². The van der Waals surface area contributed by atoms with Crippen molar-refractivity contribution in [2.24, 2.45) is 0 Å². The summed E-state index contributed by atoms with van der Waals surface area (Å²) in [6, 6.07) is 6.56. The van der Waals surface area contributed by atoms with E-state index in [1.807, 2.05) is 6.07 Å². The van der Waals surface area contributed by atoms with E-state index in [2.05, 4.69) is 21.2 Å². The summed E-state index contributed by atoms with van der Waals surface area (Å²) < 4.78 is 0.818. The number of benzene rings is 1. The van der Waals surface area contributed by atoms with Crippen LogP contribution in [0.1, 0.15) is 17.3 Å². The van der Waals surface area contributed by atoms with Gasteiger partial charge in [0.1, 0.15) is 0 Å². The Bertz CT molecular complexity index is 544. The number of rotatable bonds is 3. The molecular formula is C13H13BrN2O3. The average Bonchev–Trinajstić information content (AvgIpc) is 2.35. The molecule has 2 rings (SSSR count). The second kappa shape index (κ2) is 5.63. The van der Waals surface area contributed by atoms with Gasteiger partial charge in [-0.15, -0.1) is 0 Å². The molecule has 1 atom stereocenters. The summed E-state index contributed by atoms with van der Waals surface area (Å²) in [6.45, 7) is 1.79. The third-order valence-electron chi connectivity index (χ3n) is 3.03. The fraction of sp³-hybridized carbons (Fsp3) is 0.308. The van der Waals surface area contributed by atoms with Gasteiger partial charge < -0.3 is 0 Å². The second-order valence-electron chi connectivity index (χ2n) is 4.43. The van der Waals surface area contributed by atoms with Gasteiger partial charge in [0.05, 0.1) is 19.1 Å². The quantitative estimate of drug-likeness (QED) is 0.665. The second-order valence-corrected chi connectivity index (χ2v) is 5.34. The minimum Gasteiger partial charge on any atom is -0.294 e. The number of nitrogens with zero attached hydrogens (tertiary/aromatic N) is 1. The summed E-state index contributed by atoms with van der Waals surface area (Å²) in [7, 11) is 0. The van der Waals surface area contributed by atoms with Crippen molar-refractivity contribution >= 4 is 33.5 Å². The van der Waals surface area contributed by atoms with Crippen LogP contribution in [0.2, 0.25) is 0 Å². The van der Waals surface area contributed by atoms with E-state index in [0.29, 0.717) is 5.56 Å². The van der Waals surface area contributed by atoms with Gasteiger partial charge >= 0.3 is 0 Å². The number of carbonyl (C=O) groups excluding carboxylic acids is 3. The zero-order valence-corrected chi connectivity index (χ0v) is 11.9. The molecule has 100 valence electrons. The SMILES string of the molecule is CC1C(=O)NC(=O)CN1CC(=O)c1cccc(Br)c1. The number of nitrogens with one attached hydrogen (secondary N) is 1. The highest BCUT2D eigenvalue weighted by atomic mass is 79.9. The summed E-state index contributed by atoms with van der Waals surface area (Å²) in [5.74, 6) is -0.848. The molecule has 1 N–H and O–H groups in total. The Labute approximate surface area is 119 Å². The highest BCUT2D eigenvalue weighted by molar-refractivity contribution is 9.10. The van der Waals surface area contributed by atoms with Crippen LogP contribution in [0, 0.1) is 0 Å². The lowest BCUT2D eigenvalue weighted by Gasteiger charge is -2.30. The zero-order chi connectivity index (χ0) is 14.0. The number of piperazine rings is 1. The molecule has 5 nitrogen and oxygen atoms in total. The monoisotopic (exact) mass is 324 g/mol. The van der Waals surface area contributed by atoms with Crippen LogP contribution >= 0.6 is 15.9 Å². The maximum absolute atomic E-state index is 12.1. The molecule has 1 aromatic carbocycles. The Morgan fingerprint density at radius 2 is 2.21 bits per heavy atom. The molecule has 0 saturated carbocycles. The van der Waals surface area contributed by atoms with Crippen LogP contribution in [0.4, 0.5) is 0 Å². The summed E-state index contributed by atoms with van der Waals surface area (Å²) in [4.78, 5) is 36.5. The van der Waals surface area contributed by atoms with Crippen molar-refractivity contribution in [2.45, 2.75) is 13.0 Å². The topological polar surface area (TPSA) is 66.5 Å². The Morgan fingerprint density at radius 3 is 2.89 bits per heavy atom. The van der Waals surface area contributed by atoms with Gasteiger partial charge in [-0.05, 0) is 19.1 Å². The van der Waals surface area contributed by atoms with Crippen molar-refractivity contribution in [1.82, 2.24) is 10.2 Å². The van der Waals surface area contributed by atoms with E-state index in [1.165, 1.54) is 0 Å². The number of imide groups is 1. The molecule has 1 aromatic rings. The zero-order valence-electron chi connectivity index (χ0n) is 10.4. The van der Waals surface area contributed by atoms with Gasteiger partial charge in [-0.3, -0.25) is 24.6 Å². The molecule has 0 aliphatic carbocycles. The average molecular weight is 325 g/mol. The van der Waals surface area contributed by atoms with Gasteiger partial charge in [-0.2, -0.15) is 0 Å². The lowest BCUT2D eigenvalue weighted by atomic mass is 10.1. The van der Waals surface area contributed by atoms with Gasteiger partial charge in [-0.25, -0.2) is 0 Å². The van der Waals surface area contributed by atoms with Crippen molar-refractivity contribution < 1.29 is 14.4 Å². The minimum atomic E-state index is -0.478. The van der Waals surface area contributed by atoms with Crippen molar-refractivity contribution in [3.63, 3.8) is 0 Å². The van der Waals surface area contributed by atoms with Gasteiger partial charge in [0.25, 0.3) is 0 Å². The predicted octanol–water partition coefficient (Wildman–Crippen LogP) is 0.979. The molecule has 0 aromatic heterocycles. The molecule has 0 radical (unpaired) electrons. The van der Waals surface area contributed by atoms with Crippen molar-refractivity contribution in [1.29, 1.82) is 0 Å². The van der Waals surface area contributed by atoms with E-state index in [9.17, 15) is 14.4 Å². The van der Waals surface area contributed by atoms with Gasteiger partial charge in [0, 0.05) is 10.0 Å². The molecule has 2 amide bonds. The van der Waals surface area contributed by atoms with Crippen LogP contribution in [0.3, 0.4) is 0 Å². The van der Waals surface area contributed by atoms with Gasteiger partial charge in [-0.1, -0.05) is 28.1 Å². The number of Topliss-reactive ketones (excluding diaryl/α,β-unsaturated/α-hetero) is 1. The molecule has 1 heterocycles. The Kier molecular flexibility index (Phi) is 4.11. The van der Waals surface area contributed by atoms with E-state index < -0.39 is 6.04 Å². The maximum atomic E-state index is 12.1. The number of carbonyl (C=O) groups is 3. The minimum absolute atomic E-state index is 0.0524. The predicted molar refractivity (Wildman–Crippen MR) is 72.7 cm³/mol. The normalized spacial score (nSPS) is 20.2. The van der Waals surface area contributed by atoms with Crippen LogP contribution in [0.5, 0.6) is 0 Å². The number of ketones is 1. The highest BCUT2D eigenvalue weighted by Crippen LogP contribution is 2.13. The summed E-state index contributed by atoms with van der Waals surface area (Å²) >= 11 is 3.30. The lowest BCUT2D eigenvalue weighted by Crippen LogP contribution is -2.57. The largest absolute Gasteiger partial charge is 0.294 e. The first-order chi connectivity index (χ1) is 8.97. The van der Waals surface area contributed by atoms with Gasteiger partial charge in [0.15, 0.2) is 5.78 Å². The maximum Gasteiger partial charge on any atom is 0.243 e. The van der Waals surface area contributed by atoms with Crippen LogP contribution < -0.4 is 5.32 Å². The molecule has 1 unspecified atom stereocenters. The lowest BCUT2D eigenvalue weighted by molar-refractivity contribution is -0.139.